The lowest BCUT2D eigenvalue weighted by Gasteiger charge is -2.24. The standard InChI is InChI=1S/C13H14N4/c14-9-4-6-5-10(15)13(17)8-3-1-2-7(11(6)8)12(9)16/h1-4,10,17H,5,14-16H2. The Bertz CT molecular complexity index is 645. The zero-order chi connectivity index (χ0) is 12.2. The molecule has 0 saturated carbocycles. The van der Waals surface area contributed by atoms with Crippen molar-refractivity contribution in [2.75, 3.05) is 11.5 Å². The first-order valence-corrected chi connectivity index (χ1v) is 5.53. The quantitative estimate of drug-likeness (QED) is 0.508. The molecule has 4 heteroatoms. The highest BCUT2D eigenvalue weighted by Crippen LogP contribution is 2.35. The average molecular weight is 226 g/mol. The zero-order valence-electron chi connectivity index (χ0n) is 9.33. The largest absolute Gasteiger partial charge is 0.397 e. The number of hydrogen-bond donors (Lipinski definition) is 4. The van der Waals surface area contributed by atoms with Gasteiger partial charge in [0, 0.05) is 10.9 Å². The molecule has 1 unspecified atom stereocenters. The summed E-state index contributed by atoms with van der Waals surface area (Å²) in [6.45, 7) is 0. The summed E-state index contributed by atoms with van der Waals surface area (Å²) in [5, 5.41) is 10.00. The van der Waals surface area contributed by atoms with E-state index in [9.17, 15) is 0 Å². The fourth-order valence-corrected chi connectivity index (χ4v) is 2.54. The Morgan fingerprint density at radius 1 is 1.24 bits per heavy atom. The first-order valence-electron chi connectivity index (χ1n) is 5.53. The predicted molar refractivity (Wildman–Crippen MR) is 71.3 cm³/mol. The van der Waals surface area contributed by atoms with Crippen LogP contribution in [0.2, 0.25) is 0 Å². The second-order valence-corrected chi connectivity index (χ2v) is 4.49. The van der Waals surface area contributed by atoms with Crippen LogP contribution < -0.4 is 17.2 Å². The van der Waals surface area contributed by atoms with Crippen molar-refractivity contribution in [3.63, 3.8) is 0 Å². The molecule has 7 N–H and O–H groups in total. The number of nitrogens with one attached hydrogen (secondary N) is 1. The van der Waals surface area contributed by atoms with Crippen LogP contribution in [0.1, 0.15) is 11.1 Å². The molecule has 0 aromatic heterocycles. The summed E-state index contributed by atoms with van der Waals surface area (Å²) < 4.78 is 0. The van der Waals surface area contributed by atoms with Gasteiger partial charge in [0.1, 0.15) is 0 Å². The van der Waals surface area contributed by atoms with Crippen LogP contribution >= 0.6 is 0 Å². The molecule has 4 nitrogen and oxygen atoms in total. The van der Waals surface area contributed by atoms with Gasteiger partial charge in [0.15, 0.2) is 0 Å². The Morgan fingerprint density at radius 2 is 2.00 bits per heavy atom. The van der Waals surface area contributed by atoms with Gasteiger partial charge >= 0.3 is 0 Å². The van der Waals surface area contributed by atoms with Gasteiger partial charge in [-0.2, -0.15) is 0 Å². The molecule has 0 saturated heterocycles. The first-order chi connectivity index (χ1) is 8.09. The summed E-state index contributed by atoms with van der Waals surface area (Å²) >= 11 is 0. The predicted octanol–water partition coefficient (Wildman–Crippen LogP) is 1.26. The van der Waals surface area contributed by atoms with Gasteiger partial charge in [0.2, 0.25) is 0 Å². The lowest BCUT2D eigenvalue weighted by Crippen LogP contribution is -2.35. The minimum Gasteiger partial charge on any atom is -0.397 e. The van der Waals surface area contributed by atoms with Gasteiger partial charge in [-0.3, -0.25) is 0 Å². The number of hydrogen-bond acceptors (Lipinski definition) is 4. The van der Waals surface area contributed by atoms with E-state index in [0.29, 0.717) is 23.5 Å². The third-order valence-electron chi connectivity index (χ3n) is 3.42. The van der Waals surface area contributed by atoms with Crippen molar-refractivity contribution >= 4 is 27.9 Å². The van der Waals surface area contributed by atoms with E-state index in [2.05, 4.69) is 0 Å². The molecule has 86 valence electrons. The molecular formula is C13H14N4. The number of nitrogen functional groups attached to an aromatic ring is 2. The van der Waals surface area contributed by atoms with E-state index in [1.165, 1.54) is 0 Å². The highest BCUT2D eigenvalue weighted by Gasteiger charge is 2.24. The monoisotopic (exact) mass is 226 g/mol. The third-order valence-corrected chi connectivity index (χ3v) is 3.42. The summed E-state index contributed by atoms with van der Waals surface area (Å²) in [6.07, 6.45) is 0.650. The maximum atomic E-state index is 8.04. The lowest BCUT2D eigenvalue weighted by molar-refractivity contribution is 0.841. The number of rotatable bonds is 0. The second-order valence-electron chi connectivity index (χ2n) is 4.49. The normalized spacial score (nSPS) is 18.6. The summed E-state index contributed by atoms with van der Waals surface area (Å²) in [5.41, 5.74) is 21.5. The minimum atomic E-state index is -0.254. The van der Waals surface area contributed by atoms with Crippen molar-refractivity contribution in [1.29, 1.82) is 5.41 Å². The molecule has 0 heterocycles. The van der Waals surface area contributed by atoms with Gasteiger partial charge in [-0.15, -0.1) is 0 Å². The molecule has 0 amide bonds. The zero-order valence-corrected chi connectivity index (χ0v) is 9.33. The fraction of sp³-hybridized carbons (Fsp3) is 0.154. The van der Waals surface area contributed by atoms with E-state index in [0.717, 1.165) is 21.9 Å². The highest BCUT2D eigenvalue weighted by atomic mass is 14.7. The Hall–Kier alpha value is -2.07. The Kier molecular flexibility index (Phi) is 1.91. The second kappa shape index (κ2) is 3.21. The van der Waals surface area contributed by atoms with E-state index in [4.69, 9.17) is 22.6 Å². The van der Waals surface area contributed by atoms with Crippen LogP contribution in [0.4, 0.5) is 11.4 Å². The Balaban J connectivity index is 2.50. The minimum absolute atomic E-state index is 0.254. The van der Waals surface area contributed by atoms with E-state index < -0.39 is 0 Å². The molecule has 1 aliphatic carbocycles. The van der Waals surface area contributed by atoms with Crippen LogP contribution in [0.25, 0.3) is 10.8 Å². The first kappa shape index (κ1) is 10.1. The van der Waals surface area contributed by atoms with Gasteiger partial charge < -0.3 is 22.6 Å². The molecule has 0 fully saturated rings. The topological polar surface area (TPSA) is 102 Å². The summed E-state index contributed by atoms with van der Waals surface area (Å²) in [6, 6.07) is 7.38. The van der Waals surface area contributed by atoms with Crippen molar-refractivity contribution in [3.8, 4) is 0 Å². The third kappa shape index (κ3) is 1.24. The smallest absolute Gasteiger partial charge is 0.0627 e. The summed E-state index contributed by atoms with van der Waals surface area (Å²) in [7, 11) is 0. The van der Waals surface area contributed by atoms with Crippen molar-refractivity contribution in [2.45, 2.75) is 12.5 Å². The van der Waals surface area contributed by atoms with Crippen LogP contribution in [-0.2, 0) is 6.42 Å². The van der Waals surface area contributed by atoms with Crippen molar-refractivity contribution in [2.24, 2.45) is 5.73 Å². The van der Waals surface area contributed by atoms with Crippen LogP contribution in [0.15, 0.2) is 24.3 Å². The van der Waals surface area contributed by atoms with Crippen molar-refractivity contribution < 1.29 is 0 Å². The summed E-state index contributed by atoms with van der Waals surface area (Å²) in [4.78, 5) is 0. The number of benzene rings is 2. The van der Waals surface area contributed by atoms with E-state index >= 15 is 0 Å². The van der Waals surface area contributed by atoms with E-state index in [-0.39, 0.29) is 6.04 Å². The maximum absolute atomic E-state index is 8.04. The van der Waals surface area contributed by atoms with Gasteiger partial charge in [-0.05, 0) is 23.4 Å². The van der Waals surface area contributed by atoms with Crippen molar-refractivity contribution in [1.82, 2.24) is 0 Å². The maximum Gasteiger partial charge on any atom is 0.0627 e. The Labute approximate surface area is 98.9 Å². The molecule has 1 atom stereocenters. The molecule has 0 bridgehead atoms. The van der Waals surface area contributed by atoms with Gasteiger partial charge in [-0.1, -0.05) is 18.2 Å². The molecular weight excluding hydrogens is 212 g/mol. The summed E-state index contributed by atoms with van der Waals surface area (Å²) in [5.74, 6) is 0. The van der Waals surface area contributed by atoms with Crippen LogP contribution in [-0.4, -0.2) is 11.8 Å². The SMILES string of the molecule is N=C1c2cccc3c(N)c(N)cc(c23)CC1N. The lowest BCUT2D eigenvalue weighted by atomic mass is 9.84. The number of nitrogens with two attached hydrogens (primary N) is 3. The molecule has 0 aliphatic heterocycles. The van der Waals surface area contributed by atoms with Crippen LogP contribution in [0, 0.1) is 5.41 Å². The molecule has 0 spiro atoms. The fourth-order valence-electron chi connectivity index (χ4n) is 2.54. The van der Waals surface area contributed by atoms with Crippen LogP contribution in [0.3, 0.4) is 0 Å². The molecule has 0 radical (unpaired) electrons. The molecule has 2 aromatic carbocycles. The Morgan fingerprint density at radius 3 is 2.76 bits per heavy atom. The molecule has 2 aromatic rings. The van der Waals surface area contributed by atoms with Gasteiger partial charge in [-0.25, -0.2) is 0 Å². The highest BCUT2D eigenvalue weighted by molar-refractivity contribution is 6.17. The molecule has 17 heavy (non-hydrogen) atoms. The average Bonchev–Trinajstić information content (AvgIpc) is 2.32. The van der Waals surface area contributed by atoms with Crippen molar-refractivity contribution in [3.05, 3.63) is 35.4 Å². The molecule has 1 aliphatic rings. The van der Waals surface area contributed by atoms with Gasteiger partial charge in [0.25, 0.3) is 0 Å². The van der Waals surface area contributed by atoms with E-state index in [1.807, 2.05) is 24.3 Å². The van der Waals surface area contributed by atoms with E-state index in [1.54, 1.807) is 0 Å². The molecule has 3 rings (SSSR count). The van der Waals surface area contributed by atoms with Gasteiger partial charge in [0.05, 0.1) is 23.1 Å². The number of anilines is 2. The van der Waals surface area contributed by atoms with Crippen LogP contribution in [0.5, 0.6) is 0 Å².